The van der Waals surface area contributed by atoms with Crippen molar-refractivity contribution >= 4 is 10.8 Å². The molecule has 1 unspecified atom stereocenters. The average Bonchev–Trinajstić information content (AvgIpc) is 2.48. The molecule has 0 aliphatic carbocycles. The second kappa shape index (κ2) is 4.98. The Morgan fingerprint density at radius 3 is 2.75 bits per heavy atom. The minimum absolute atomic E-state index is 0.213. The number of hydrogen-bond acceptors (Lipinski definition) is 4. The Balaban J connectivity index is 2.17. The van der Waals surface area contributed by atoms with Gasteiger partial charge in [-0.2, -0.15) is 10.2 Å². The molecule has 0 spiro atoms. The zero-order chi connectivity index (χ0) is 14.1. The van der Waals surface area contributed by atoms with Crippen LogP contribution in [0.5, 0.6) is 0 Å². The van der Waals surface area contributed by atoms with Crippen LogP contribution in [-0.2, 0) is 0 Å². The van der Waals surface area contributed by atoms with Crippen molar-refractivity contribution in [3.05, 3.63) is 65.2 Å². The predicted molar refractivity (Wildman–Crippen MR) is 79.3 cm³/mol. The first-order valence-electron chi connectivity index (χ1n) is 6.56. The summed E-state index contributed by atoms with van der Waals surface area (Å²) in [5, 5.41) is 10.4. The van der Waals surface area contributed by atoms with E-state index in [1.165, 1.54) is 0 Å². The fourth-order valence-electron chi connectivity index (χ4n) is 2.47. The van der Waals surface area contributed by atoms with Gasteiger partial charge in [0.2, 0.25) is 0 Å². The van der Waals surface area contributed by atoms with E-state index in [-0.39, 0.29) is 6.04 Å². The fourth-order valence-corrected chi connectivity index (χ4v) is 2.47. The summed E-state index contributed by atoms with van der Waals surface area (Å²) in [6.45, 7) is 3.87. The monoisotopic (exact) mass is 264 g/mol. The van der Waals surface area contributed by atoms with Crippen molar-refractivity contribution in [3.63, 3.8) is 0 Å². The van der Waals surface area contributed by atoms with E-state index >= 15 is 0 Å². The number of benzene rings is 1. The van der Waals surface area contributed by atoms with Crippen molar-refractivity contribution in [1.82, 2.24) is 15.2 Å². The maximum absolute atomic E-state index is 6.46. The third-order valence-corrected chi connectivity index (χ3v) is 3.52. The zero-order valence-corrected chi connectivity index (χ0v) is 11.5. The molecule has 100 valence electrons. The second-order valence-corrected chi connectivity index (χ2v) is 4.95. The van der Waals surface area contributed by atoms with Crippen molar-refractivity contribution in [2.24, 2.45) is 5.73 Å². The molecule has 0 amide bonds. The smallest absolute Gasteiger partial charge is 0.0651 e. The quantitative estimate of drug-likeness (QED) is 0.773. The molecule has 0 bridgehead atoms. The van der Waals surface area contributed by atoms with Gasteiger partial charge in [-0.25, -0.2) is 0 Å². The topological polar surface area (TPSA) is 64.7 Å². The van der Waals surface area contributed by atoms with Crippen LogP contribution in [0.3, 0.4) is 0 Å². The first kappa shape index (κ1) is 12.7. The molecule has 3 aromatic rings. The highest BCUT2D eigenvalue weighted by Crippen LogP contribution is 2.27. The summed E-state index contributed by atoms with van der Waals surface area (Å²) in [7, 11) is 0. The van der Waals surface area contributed by atoms with Crippen LogP contribution in [0.25, 0.3) is 10.8 Å². The lowest BCUT2D eigenvalue weighted by molar-refractivity contribution is 0.818. The number of fused-ring (bicyclic) bond motifs is 1. The van der Waals surface area contributed by atoms with Gasteiger partial charge in [0, 0.05) is 17.8 Å². The Hall–Kier alpha value is -2.33. The minimum atomic E-state index is -0.213. The average molecular weight is 264 g/mol. The molecular weight excluding hydrogens is 248 g/mol. The molecule has 0 aliphatic heterocycles. The van der Waals surface area contributed by atoms with Crippen LogP contribution in [0.2, 0.25) is 0 Å². The standard InChI is InChI=1S/C16H16N4/c1-10-8-15(11(2)20-19-10)16(17)14-5-3-4-12-9-18-7-6-13(12)14/h3-9,16H,17H2,1-2H3. The molecule has 0 saturated carbocycles. The SMILES string of the molecule is Cc1cc(C(N)c2cccc3cnccc23)c(C)nn1. The molecule has 1 aromatic carbocycles. The number of aromatic nitrogens is 3. The van der Waals surface area contributed by atoms with E-state index < -0.39 is 0 Å². The van der Waals surface area contributed by atoms with E-state index in [0.717, 1.165) is 33.3 Å². The highest BCUT2D eigenvalue weighted by Gasteiger charge is 2.15. The van der Waals surface area contributed by atoms with E-state index in [0.29, 0.717) is 0 Å². The Morgan fingerprint density at radius 1 is 1.05 bits per heavy atom. The molecule has 1 atom stereocenters. The van der Waals surface area contributed by atoms with Crippen LogP contribution in [0.15, 0.2) is 42.7 Å². The normalized spacial score (nSPS) is 12.6. The lowest BCUT2D eigenvalue weighted by Gasteiger charge is -2.16. The number of aryl methyl sites for hydroxylation is 2. The van der Waals surface area contributed by atoms with Crippen LogP contribution in [-0.4, -0.2) is 15.2 Å². The molecule has 20 heavy (non-hydrogen) atoms. The van der Waals surface area contributed by atoms with Gasteiger partial charge in [0.1, 0.15) is 0 Å². The summed E-state index contributed by atoms with van der Waals surface area (Å²) in [5.41, 5.74) is 10.3. The third kappa shape index (κ3) is 2.14. The van der Waals surface area contributed by atoms with Gasteiger partial charge in [-0.3, -0.25) is 4.98 Å². The Morgan fingerprint density at radius 2 is 1.90 bits per heavy atom. The van der Waals surface area contributed by atoms with Crippen LogP contribution < -0.4 is 5.73 Å². The summed E-state index contributed by atoms with van der Waals surface area (Å²) in [6.07, 6.45) is 3.65. The number of nitrogens with zero attached hydrogens (tertiary/aromatic N) is 3. The van der Waals surface area contributed by atoms with E-state index in [9.17, 15) is 0 Å². The number of rotatable bonds is 2. The number of hydrogen-bond donors (Lipinski definition) is 1. The lowest BCUT2D eigenvalue weighted by atomic mass is 9.94. The molecule has 0 fully saturated rings. The largest absolute Gasteiger partial charge is 0.320 e. The zero-order valence-electron chi connectivity index (χ0n) is 11.5. The van der Waals surface area contributed by atoms with Crippen molar-refractivity contribution in [3.8, 4) is 0 Å². The first-order chi connectivity index (χ1) is 9.66. The fraction of sp³-hybridized carbons (Fsp3) is 0.188. The van der Waals surface area contributed by atoms with Crippen LogP contribution >= 0.6 is 0 Å². The van der Waals surface area contributed by atoms with Gasteiger partial charge < -0.3 is 5.73 Å². The third-order valence-electron chi connectivity index (χ3n) is 3.52. The number of pyridine rings is 1. The molecule has 4 nitrogen and oxygen atoms in total. The Kier molecular flexibility index (Phi) is 3.16. The minimum Gasteiger partial charge on any atom is -0.320 e. The summed E-state index contributed by atoms with van der Waals surface area (Å²) < 4.78 is 0. The summed E-state index contributed by atoms with van der Waals surface area (Å²) in [4.78, 5) is 4.15. The van der Waals surface area contributed by atoms with Gasteiger partial charge >= 0.3 is 0 Å². The van der Waals surface area contributed by atoms with Crippen molar-refractivity contribution in [2.75, 3.05) is 0 Å². The van der Waals surface area contributed by atoms with Gasteiger partial charge in [-0.1, -0.05) is 18.2 Å². The molecule has 4 heteroatoms. The molecule has 0 radical (unpaired) electrons. The molecule has 0 aliphatic rings. The van der Waals surface area contributed by atoms with E-state index in [1.807, 2.05) is 44.3 Å². The lowest BCUT2D eigenvalue weighted by Crippen LogP contribution is -2.15. The van der Waals surface area contributed by atoms with Crippen LogP contribution in [0.1, 0.15) is 28.6 Å². The van der Waals surface area contributed by atoms with Gasteiger partial charge in [-0.05, 0) is 42.5 Å². The van der Waals surface area contributed by atoms with Crippen molar-refractivity contribution in [1.29, 1.82) is 0 Å². The summed E-state index contributed by atoms with van der Waals surface area (Å²) in [6, 6.07) is 9.91. The molecule has 2 heterocycles. The van der Waals surface area contributed by atoms with Crippen molar-refractivity contribution in [2.45, 2.75) is 19.9 Å². The van der Waals surface area contributed by atoms with Gasteiger partial charge in [-0.15, -0.1) is 0 Å². The summed E-state index contributed by atoms with van der Waals surface area (Å²) in [5.74, 6) is 0. The van der Waals surface area contributed by atoms with Crippen molar-refractivity contribution < 1.29 is 0 Å². The van der Waals surface area contributed by atoms with E-state index in [2.05, 4.69) is 21.2 Å². The molecular formula is C16H16N4. The Bertz CT molecular complexity index is 762. The highest BCUT2D eigenvalue weighted by atomic mass is 15.1. The highest BCUT2D eigenvalue weighted by molar-refractivity contribution is 5.85. The first-order valence-corrected chi connectivity index (χ1v) is 6.56. The molecule has 2 N–H and O–H groups in total. The van der Waals surface area contributed by atoms with Gasteiger partial charge in [0.15, 0.2) is 0 Å². The van der Waals surface area contributed by atoms with Gasteiger partial charge in [0.25, 0.3) is 0 Å². The van der Waals surface area contributed by atoms with E-state index in [4.69, 9.17) is 5.73 Å². The molecule has 0 saturated heterocycles. The van der Waals surface area contributed by atoms with Crippen LogP contribution in [0, 0.1) is 13.8 Å². The second-order valence-electron chi connectivity index (χ2n) is 4.95. The van der Waals surface area contributed by atoms with Crippen LogP contribution in [0.4, 0.5) is 0 Å². The van der Waals surface area contributed by atoms with E-state index in [1.54, 1.807) is 6.20 Å². The molecule has 3 rings (SSSR count). The number of nitrogens with two attached hydrogens (primary N) is 1. The maximum Gasteiger partial charge on any atom is 0.0651 e. The molecule has 2 aromatic heterocycles. The maximum atomic E-state index is 6.46. The van der Waals surface area contributed by atoms with Gasteiger partial charge in [0.05, 0.1) is 17.4 Å². The predicted octanol–water partition coefficient (Wildman–Crippen LogP) is 2.69. The summed E-state index contributed by atoms with van der Waals surface area (Å²) >= 11 is 0. The Labute approximate surface area is 117 Å².